The van der Waals surface area contributed by atoms with Crippen LogP contribution in [0.1, 0.15) is 24.0 Å². The Hall–Kier alpha value is -2.80. The number of carbonyl (C=O) groups excluding carboxylic acids is 1. The summed E-state index contributed by atoms with van der Waals surface area (Å²) >= 11 is 5.84. The molecule has 138 valence electrons. The van der Waals surface area contributed by atoms with Crippen molar-refractivity contribution >= 4 is 23.3 Å². The molecule has 0 aliphatic carbocycles. The summed E-state index contributed by atoms with van der Waals surface area (Å²) in [6.45, 7) is 2.64. The second-order valence-corrected chi connectivity index (χ2v) is 7.13. The van der Waals surface area contributed by atoms with Gasteiger partial charge in [0.15, 0.2) is 0 Å². The number of hydrogen-bond donors (Lipinski definition) is 1. The first-order valence-electron chi connectivity index (χ1n) is 8.86. The Bertz CT molecular complexity index is 955. The number of aromatic amines is 1. The Labute approximate surface area is 161 Å². The van der Waals surface area contributed by atoms with Gasteiger partial charge in [-0.1, -0.05) is 17.7 Å². The van der Waals surface area contributed by atoms with Crippen LogP contribution in [0.15, 0.2) is 36.8 Å². The maximum atomic E-state index is 13.0. The summed E-state index contributed by atoms with van der Waals surface area (Å²) in [5, 5.41) is 15.6. The Morgan fingerprint density at radius 1 is 1.26 bits per heavy atom. The van der Waals surface area contributed by atoms with Gasteiger partial charge in [0, 0.05) is 30.3 Å². The maximum Gasteiger partial charge on any atom is 0.231 e. The minimum Gasteiger partial charge on any atom is -0.297 e. The molecule has 27 heavy (non-hydrogen) atoms. The molecule has 3 aromatic rings. The van der Waals surface area contributed by atoms with Crippen molar-refractivity contribution in [3.05, 3.63) is 53.1 Å². The first kappa shape index (κ1) is 17.6. The van der Waals surface area contributed by atoms with Crippen molar-refractivity contribution in [2.75, 3.05) is 11.4 Å². The Balaban J connectivity index is 1.53. The van der Waals surface area contributed by atoms with Gasteiger partial charge in [-0.15, -0.1) is 0 Å². The SMILES string of the molecule is Cc1cnncc1-c1cc(N2CCC[C@@H](Cc3ccc(Cl)nc3)C2=O)[nH]n1. The summed E-state index contributed by atoms with van der Waals surface area (Å²) < 4.78 is 0. The molecule has 0 radical (unpaired) electrons. The van der Waals surface area contributed by atoms with E-state index in [0.717, 1.165) is 35.2 Å². The number of H-pyrrole nitrogens is 1. The monoisotopic (exact) mass is 382 g/mol. The third kappa shape index (κ3) is 3.68. The summed E-state index contributed by atoms with van der Waals surface area (Å²) in [7, 11) is 0. The highest BCUT2D eigenvalue weighted by molar-refractivity contribution is 6.29. The lowest BCUT2D eigenvalue weighted by Crippen LogP contribution is -2.42. The largest absolute Gasteiger partial charge is 0.297 e. The van der Waals surface area contributed by atoms with E-state index in [9.17, 15) is 4.79 Å². The normalized spacial score (nSPS) is 17.3. The molecule has 0 spiro atoms. The number of pyridine rings is 1. The standard InChI is InChI=1S/C19H19ClN6O/c1-12-9-22-23-11-15(12)16-8-18(25-24-16)26-6-2-3-14(19(26)27)7-13-4-5-17(20)21-10-13/h4-5,8-11,14H,2-3,6-7H2,1H3,(H,24,25)/t14-/m0/s1. The fourth-order valence-electron chi connectivity index (χ4n) is 3.43. The zero-order chi connectivity index (χ0) is 18.8. The van der Waals surface area contributed by atoms with E-state index in [4.69, 9.17) is 11.6 Å². The van der Waals surface area contributed by atoms with Gasteiger partial charge in [-0.2, -0.15) is 15.3 Å². The van der Waals surface area contributed by atoms with Gasteiger partial charge in [-0.25, -0.2) is 4.98 Å². The molecule has 4 heterocycles. The Morgan fingerprint density at radius 3 is 2.89 bits per heavy atom. The Kier molecular flexibility index (Phi) is 4.85. The van der Waals surface area contributed by atoms with E-state index in [0.29, 0.717) is 23.9 Å². The molecule has 1 saturated heterocycles. The van der Waals surface area contributed by atoms with Crippen LogP contribution in [-0.2, 0) is 11.2 Å². The van der Waals surface area contributed by atoms with E-state index in [1.165, 1.54) is 0 Å². The predicted molar refractivity (Wildman–Crippen MR) is 102 cm³/mol. The van der Waals surface area contributed by atoms with E-state index in [1.807, 2.05) is 19.1 Å². The van der Waals surface area contributed by atoms with Gasteiger partial charge >= 0.3 is 0 Å². The number of carbonyl (C=O) groups is 1. The average Bonchev–Trinajstić information content (AvgIpc) is 3.15. The van der Waals surface area contributed by atoms with E-state index < -0.39 is 0 Å². The zero-order valence-electron chi connectivity index (χ0n) is 14.9. The second-order valence-electron chi connectivity index (χ2n) is 6.75. The van der Waals surface area contributed by atoms with Crippen molar-refractivity contribution in [1.29, 1.82) is 0 Å². The molecule has 1 atom stereocenters. The molecule has 7 nitrogen and oxygen atoms in total. The van der Waals surface area contributed by atoms with Crippen LogP contribution in [0.5, 0.6) is 0 Å². The molecule has 3 aromatic heterocycles. The number of anilines is 1. The quantitative estimate of drug-likeness (QED) is 0.700. The molecule has 0 bridgehead atoms. The number of amides is 1. The number of piperidine rings is 1. The van der Waals surface area contributed by atoms with E-state index in [2.05, 4.69) is 25.4 Å². The van der Waals surface area contributed by atoms with Crippen LogP contribution >= 0.6 is 11.6 Å². The van der Waals surface area contributed by atoms with Crippen LogP contribution in [0.4, 0.5) is 5.82 Å². The fourth-order valence-corrected chi connectivity index (χ4v) is 3.54. The van der Waals surface area contributed by atoms with Crippen LogP contribution in [0.25, 0.3) is 11.3 Å². The van der Waals surface area contributed by atoms with Crippen LogP contribution in [0.2, 0.25) is 5.15 Å². The molecule has 0 aromatic carbocycles. The van der Waals surface area contributed by atoms with E-state index >= 15 is 0 Å². The molecular weight excluding hydrogens is 364 g/mol. The molecule has 0 unspecified atom stereocenters. The topological polar surface area (TPSA) is 87.7 Å². The fraction of sp³-hybridized carbons (Fsp3) is 0.316. The predicted octanol–water partition coefficient (Wildman–Crippen LogP) is 3.21. The number of aryl methyl sites for hydroxylation is 1. The highest BCUT2D eigenvalue weighted by atomic mass is 35.5. The third-order valence-electron chi connectivity index (χ3n) is 4.88. The number of aromatic nitrogens is 5. The number of hydrogen-bond acceptors (Lipinski definition) is 5. The summed E-state index contributed by atoms with van der Waals surface area (Å²) in [5.74, 6) is 0.749. The van der Waals surface area contributed by atoms with Gasteiger partial charge in [0.1, 0.15) is 11.0 Å². The molecule has 1 aliphatic heterocycles. The van der Waals surface area contributed by atoms with Gasteiger partial charge in [0.05, 0.1) is 18.1 Å². The summed E-state index contributed by atoms with van der Waals surface area (Å²) in [5.41, 5.74) is 3.67. The van der Waals surface area contributed by atoms with E-state index in [1.54, 1.807) is 29.6 Å². The minimum absolute atomic E-state index is 0.0715. The maximum absolute atomic E-state index is 13.0. The third-order valence-corrected chi connectivity index (χ3v) is 5.10. The molecule has 1 N–H and O–H groups in total. The first-order valence-corrected chi connectivity index (χ1v) is 9.24. The van der Waals surface area contributed by atoms with Crippen molar-refractivity contribution in [2.24, 2.45) is 5.92 Å². The van der Waals surface area contributed by atoms with Crippen molar-refractivity contribution in [3.63, 3.8) is 0 Å². The van der Waals surface area contributed by atoms with Crippen LogP contribution in [-0.4, -0.2) is 37.8 Å². The molecule has 1 amide bonds. The number of halogens is 1. The van der Waals surface area contributed by atoms with Gasteiger partial charge < -0.3 is 0 Å². The number of rotatable bonds is 4. The second kappa shape index (κ2) is 7.44. The highest BCUT2D eigenvalue weighted by Crippen LogP contribution is 2.29. The molecule has 1 aliphatic rings. The minimum atomic E-state index is -0.0715. The molecule has 4 rings (SSSR count). The number of nitrogens with zero attached hydrogens (tertiary/aromatic N) is 5. The van der Waals surface area contributed by atoms with Crippen LogP contribution in [0, 0.1) is 12.8 Å². The molecule has 0 saturated carbocycles. The lowest BCUT2D eigenvalue weighted by molar-refractivity contribution is -0.123. The molecular formula is C19H19ClN6O. The van der Waals surface area contributed by atoms with Crippen molar-refractivity contribution in [3.8, 4) is 11.3 Å². The molecule has 8 heteroatoms. The van der Waals surface area contributed by atoms with Gasteiger partial charge in [-0.3, -0.25) is 14.8 Å². The summed E-state index contributed by atoms with van der Waals surface area (Å²) in [6, 6.07) is 5.58. The van der Waals surface area contributed by atoms with Crippen molar-refractivity contribution < 1.29 is 4.79 Å². The molecule has 1 fully saturated rings. The van der Waals surface area contributed by atoms with E-state index in [-0.39, 0.29) is 11.8 Å². The first-order chi connectivity index (χ1) is 13.1. The lowest BCUT2D eigenvalue weighted by Gasteiger charge is -2.31. The smallest absolute Gasteiger partial charge is 0.231 e. The van der Waals surface area contributed by atoms with Crippen LogP contribution < -0.4 is 4.90 Å². The average molecular weight is 383 g/mol. The highest BCUT2D eigenvalue weighted by Gasteiger charge is 2.31. The van der Waals surface area contributed by atoms with Crippen LogP contribution in [0.3, 0.4) is 0 Å². The Morgan fingerprint density at radius 2 is 2.11 bits per heavy atom. The summed E-state index contributed by atoms with van der Waals surface area (Å²) in [4.78, 5) is 18.9. The van der Waals surface area contributed by atoms with Gasteiger partial charge in [-0.05, 0) is 43.4 Å². The van der Waals surface area contributed by atoms with Gasteiger partial charge in [0.2, 0.25) is 5.91 Å². The van der Waals surface area contributed by atoms with Gasteiger partial charge in [0.25, 0.3) is 0 Å². The van der Waals surface area contributed by atoms with Crippen molar-refractivity contribution in [1.82, 2.24) is 25.4 Å². The summed E-state index contributed by atoms with van der Waals surface area (Å²) in [6.07, 6.45) is 7.60. The lowest BCUT2D eigenvalue weighted by atomic mass is 9.91. The number of nitrogens with one attached hydrogen (secondary N) is 1. The van der Waals surface area contributed by atoms with Crippen molar-refractivity contribution in [2.45, 2.75) is 26.2 Å². The zero-order valence-corrected chi connectivity index (χ0v) is 15.6.